The monoisotopic (exact) mass is 576 g/mol. The fourth-order valence-corrected chi connectivity index (χ4v) is 10.3. The Kier molecular flexibility index (Phi) is 10.8. The quantitative estimate of drug-likeness (QED) is 0.319. The maximum atomic E-state index is 11.0. The van der Waals surface area contributed by atoms with E-state index in [1.807, 2.05) is 0 Å². The number of carbonyl (C=O) groups is 1. The van der Waals surface area contributed by atoms with E-state index in [-0.39, 0.29) is 5.92 Å². The molecule has 6 fully saturated rings. The Balaban J connectivity index is 0.000000152. The number of carboxylic acid groups (broad SMARTS) is 1. The number of alkyl halides is 1. The van der Waals surface area contributed by atoms with E-state index in [1.165, 1.54) is 95.2 Å². The molecular weight excluding hydrogens is 520 g/mol. The molecule has 212 valence electrons. The zero-order valence-corrected chi connectivity index (χ0v) is 25.4. The maximum Gasteiger partial charge on any atom is 0.306 e. The molecule has 0 unspecified atom stereocenters. The first kappa shape index (κ1) is 28.5. The fraction of sp³-hybridized carbons (Fsp3) is 0.971. The third-order valence-electron chi connectivity index (χ3n) is 12.8. The van der Waals surface area contributed by atoms with Crippen molar-refractivity contribution in [3.63, 3.8) is 0 Å². The van der Waals surface area contributed by atoms with Gasteiger partial charge in [0.2, 0.25) is 0 Å². The van der Waals surface area contributed by atoms with E-state index in [1.54, 1.807) is 38.5 Å². The van der Waals surface area contributed by atoms with E-state index in [0.717, 1.165) is 66.1 Å². The molecule has 0 saturated heterocycles. The molecule has 0 heterocycles. The Bertz CT molecular complexity index is 668. The van der Waals surface area contributed by atoms with Crippen molar-refractivity contribution in [3.8, 4) is 0 Å². The lowest BCUT2D eigenvalue weighted by molar-refractivity contribution is -0.143. The first-order valence-corrected chi connectivity index (χ1v) is 18.0. The largest absolute Gasteiger partial charge is 0.481 e. The third-order valence-corrected chi connectivity index (χ3v) is 13.7. The maximum absolute atomic E-state index is 11.0. The number of halogens is 1. The molecule has 0 spiro atoms. The Hall–Kier alpha value is -0.0500. The van der Waals surface area contributed by atoms with Crippen LogP contribution < -0.4 is 0 Å². The van der Waals surface area contributed by atoms with Crippen LogP contribution in [0.1, 0.15) is 141 Å². The highest BCUT2D eigenvalue weighted by molar-refractivity contribution is 9.09. The van der Waals surface area contributed by atoms with Crippen molar-refractivity contribution in [3.05, 3.63) is 0 Å². The Morgan fingerprint density at radius 1 is 0.459 bits per heavy atom. The van der Waals surface area contributed by atoms with Crippen molar-refractivity contribution >= 4 is 21.9 Å². The van der Waals surface area contributed by atoms with Crippen molar-refractivity contribution in [2.24, 2.45) is 59.2 Å². The summed E-state index contributed by atoms with van der Waals surface area (Å²) in [7, 11) is 0. The molecule has 0 radical (unpaired) electrons. The van der Waals surface area contributed by atoms with Crippen molar-refractivity contribution in [2.75, 3.05) is 5.33 Å². The van der Waals surface area contributed by atoms with Crippen LogP contribution in [-0.2, 0) is 4.79 Å². The van der Waals surface area contributed by atoms with Crippen LogP contribution >= 0.6 is 15.9 Å². The van der Waals surface area contributed by atoms with E-state index in [0.29, 0.717) is 0 Å². The van der Waals surface area contributed by atoms with Gasteiger partial charge in [-0.05, 0) is 156 Å². The third kappa shape index (κ3) is 7.58. The number of hydrogen-bond acceptors (Lipinski definition) is 1. The molecule has 6 aliphatic rings. The van der Waals surface area contributed by atoms with Gasteiger partial charge in [0.25, 0.3) is 0 Å². The summed E-state index contributed by atoms with van der Waals surface area (Å²) in [4.78, 5) is 11.0. The lowest BCUT2D eigenvalue weighted by Gasteiger charge is -2.42. The second kappa shape index (κ2) is 14.0. The first-order valence-electron chi connectivity index (χ1n) is 16.9. The molecule has 0 amide bonds. The summed E-state index contributed by atoms with van der Waals surface area (Å²) < 4.78 is 0. The van der Waals surface area contributed by atoms with Crippen LogP contribution in [0.3, 0.4) is 0 Å². The van der Waals surface area contributed by atoms with Crippen molar-refractivity contribution in [2.45, 2.75) is 141 Å². The van der Waals surface area contributed by atoms with E-state index < -0.39 is 5.97 Å². The van der Waals surface area contributed by atoms with E-state index >= 15 is 0 Å². The summed E-state index contributed by atoms with van der Waals surface area (Å²) >= 11 is 3.66. The van der Waals surface area contributed by atoms with Gasteiger partial charge in [0.15, 0.2) is 0 Å². The standard InChI is InChI=1S/C17H29Br.C17H28O2/c18-12-13-4-6-15(7-5-13)17-10-8-16(9-11-17)14-2-1-3-14;18-17(19)16-10-8-15(9-11-16)14-6-4-13(5-7-14)12-2-1-3-12/h13-17H,1-12H2;12-16H,1-11H2,(H,18,19). The minimum atomic E-state index is -0.563. The Morgan fingerprint density at radius 3 is 0.973 bits per heavy atom. The fourth-order valence-electron chi connectivity index (χ4n) is 9.65. The molecule has 0 aliphatic heterocycles. The molecule has 0 aromatic heterocycles. The molecule has 6 rings (SSSR count). The summed E-state index contributed by atoms with van der Waals surface area (Å²) in [6, 6.07) is 0. The second-order valence-electron chi connectivity index (χ2n) is 14.6. The molecule has 0 aromatic carbocycles. The molecule has 0 bridgehead atoms. The van der Waals surface area contributed by atoms with Crippen LogP contribution in [0, 0.1) is 59.2 Å². The van der Waals surface area contributed by atoms with Gasteiger partial charge in [0.1, 0.15) is 0 Å². The molecule has 6 aliphatic carbocycles. The Morgan fingerprint density at radius 2 is 0.730 bits per heavy atom. The summed E-state index contributed by atoms with van der Waals surface area (Å²) in [5.41, 5.74) is 0. The summed E-state index contributed by atoms with van der Waals surface area (Å²) in [5, 5.41) is 10.3. The normalized spacial score (nSPS) is 41.5. The highest BCUT2D eigenvalue weighted by atomic mass is 79.9. The highest BCUT2D eigenvalue weighted by Crippen LogP contribution is 2.48. The predicted molar refractivity (Wildman–Crippen MR) is 158 cm³/mol. The number of rotatable bonds is 6. The van der Waals surface area contributed by atoms with Gasteiger partial charge in [-0.25, -0.2) is 0 Å². The molecule has 3 heteroatoms. The van der Waals surface area contributed by atoms with E-state index in [2.05, 4.69) is 15.9 Å². The molecule has 1 N–H and O–H groups in total. The highest BCUT2D eigenvalue weighted by Gasteiger charge is 2.36. The predicted octanol–water partition coefficient (Wildman–Crippen LogP) is 10.3. The van der Waals surface area contributed by atoms with Gasteiger partial charge in [-0.2, -0.15) is 0 Å². The average Bonchev–Trinajstić information content (AvgIpc) is 2.88. The molecule has 0 atom stereocenters. The molecule has 6 saturated carbocycles. The van der Waals surface area contributed by atoms with Gasteiger partial charge >= 0.3 is 5.97 Å². The summed E-state index contributed by atoms with van der Waals surface area (Å²) in [6.07, 6.45) is 31.5. The van der Waals surface area contributed by atoms with Crippen LogP contribution in [0.2, 0.25) is 0 Å². The number of hydrogen-bond donors (Lipinski definition) is 1. The minimum Gasteiger partial charge on any atom is -0.481 e. The van der Waals surface area contributed by atoms with Crippen molar-refractivity contribution in [1.82, 2.24) is 0 Å². The van der Waals surface area contributed by atoms with Gasteiger partial charge < -0.3 is 5.11 Å². The summed E-state index contributed by atoms with van der Waals surface area (Å²) in [5.74, 6) is 8.76. The lowest BCUT2D eigenvalue weighted by Crippen LogP contribution is -2.31. The van der Waals surface area contributed by atoms with Crippen molar-refractivity contribution < 1.29 is 9.90 Å². The number of aliphatic carboxylic acids is 1. The van der Waals surface area contributed by atoms with Gasteiger partial charge in [-0.1, -0.05) is 54.5 Å². The zero-order chi connectivity index (χ0) is 25.6. The minimum absolute atomic E-state index is 0.0393. The smallest absolute Gasteiger partial charge is 0.306 e. The van der Waals surface area contributed by atoms with Gasteiger partial charge in [0, 0.05) is 5.33 Å². The molecule has 37 heavy (non-hydrogen) atoms. The van der Waals surface area contributed by atoms with Crippen molar-refractivity contribution in [1.29, 1.82) is 0 Å². The lowest BCUT2D eigenvalue weighted by atomic mass is 9.64. The summed E-state index contributed by atoms with van der Waals surface area (Å²) in [6.45, 7) is 0. The van der Waals surface area contributed by atoms with Crippen LogP contribution in [0.15, 0.2) is 0 Å². The second-order valence-corrected chi connectivity index (χ2v) is 15.3. The van der Waals surface area contributed by atoms with Gasteiger partial charge in [-0.15, -0.1) is 0 Å². The van der Waals surface area contributed by atoms with Crippen LogP contribution in [-0.4, -0.2) is 16.4 Å². The SMILES string of the molecule is BrCC1CCC(C2CCC(C3CCC3)CC2)CC1.O=C(O)C1CCC(C2CCC(C3CCC3)CC2)CC1. The molecule has 0 aromatic rings. The van der Waals surface area contributed by atoms with Gasteiger partial charge in [0.05, 0.1) is 5.92 Å². The molecular formula is C34H57BrO2. The number of carboxylic acids is 1. The zero-order valence-electron chi connectivity index (χ0n) is 23.8. The van der Waals surface area contributed by atoms with E-state index in [9.17, 15) is 4.79 Å². The van der Waals surface area contributed by atoms with Crippen LogP contribution in [0.25, 0.3) is 0 Å². The van der Waals surface area contributed by atoms with E-state index in [4.69, 9.17) is 5.11 Å². The topological polar surface area (TPSA) is 37.3 Å². The van der Waals surface area contributed by atoms with Crippen LogP contribution in [0.5, 0.6) is 0 Å². The van der Waals surface area contributed by atoms with Crippen LogP contribution in [0.4, 0.5) is 0 Å². The first-order chi connectivity index (χ1) is 18.1. The average molecular weight is 578 g/mol. The van der Waals surface area contributed by atoms with Gasteiger partial charge in [-0.3, -0.25) is 4.79 Å². The molecule has 2 nitrogen and oxygen atoms in total. The Labute approximate surface area is 237 Å².